The van der Waals surface area contributed by atoms with Crippen LogP contribution in [-0.2, 0) is 4.79 Å². The fraction of sp³-hybridized carbons (Fsp3) is 0.429. The first-order valence-electron chi connectivity index (χ1n) is 6.13. The van der Waals surface area contributed by atoms with Gasteiger partial charge in [-0.3, -0.25) is 9.59 Å². The van der Waals surface area contributed by atoms with Crippen LogP contribution in [0.5, 0.6) is 0 Å². The van der Waals surface area contributed by atoms with Crippen LogP contribution in [0.3, 0.4) is 0 Å². The van der Waals surface area contributed by atoms with E-state index in [1.807, 2.05) is 12.3 Å². The molecule has 1 aromatic rings. The molecule has 0 radical (unpaired) electrons. The molecule has 2 N–H and O–H groups in total. The highest BCUT2D eigenvalue weighted by Gasteiger charge is 2.26. The van der Waals surface area contributed by atoms with E-state index < -0.39 is 11.4 Å². The molecule has 110 valence electrons. The minimum absolute atomic E-state index is 0.285. The number of rotatable bonds is 6. The summed E-state index contributed by atoms with van der Waals surface area (Å²) in [5.41, 5.74) is -0.454. The van der Waals surface area contributed by atoms with Crippen LogP contribution in [0, 0.1) is 5.41 Å². The predicted molar refractivity (Wildman–Crippen MR) is 81.6 cm³/mol. The van der Waals surface area contributed by atoms with Crippen molar-refractivity contribution in [2.45, 2.75) is 25.2 Å². The number of aliphatic carboxylic acids is 1. The molecule has 0 aliphatic rings. The van der Waals surface area contributed by atoms with Crippen molar-refractivity contribution in [1.82, 2.24) is 5.32 Å². The zero-order chi connectivity index (χ0) is 15.3. The molecule has 1 amide bonds. The summed E-state index contributed by atoms with van der Waals surface area (Å²) in [6, 6.07) is 5.26. The van der Waals surface area contributed by atoms with Crippen LogP contribution >= 0.6 is 23.4 Å². The lowest BCUT2D eigenvalue weighted by Crippen LogP contribution is -2.32. The number of thioether (sulfide) groups is 1. The van der Waals surface area contributed by atoms with Crippen LogP contribution in [-0.4, -0.2) is 29.8 Å². The van der Waals surface area contributed by atoms with Gasteiger partial charge in [-0.05, 0) is 44.7 Å². The Bertz CT molecular complexity index is 517. The van der Waals surface area contributed by atoms with Gasteiger partial charge in [0.1, 0.15) is 0 Å². The summed E-state index contributed by atoms with van der Waals surface area (Å²) in [6.07, 6.45) is 2.27. The van der Waals surface area contributed by atoms with Gasteiger partial charge in [-0.15, -0.1) is 11.8 Å². The number of nitrogens with one attached hydrogen (secondary N) is 1. The monoisotopic (exact) mass is 315 g/mol. The first kappa shape index (κ1) is 16.9. The van der Waals surface area contributed by atoms with Crippen molar-refractivity contribution in [1.29, 1.82) is 0 Å². The Labute approximate surface area is 127 Å². The molecule has 0 atom stereocenters. The molecular weight excluding hydrogens is 298 g/mol. The van der Waals surface area contributed by atoms with E-state index in [4.69, 9.17) is 16.7 Å². The van der Waals surface area contributed by atoms with Gasteiger partial charge >= 0.3 is 5.97 Å². The Balaban J connectivity index is 2.66. The number of hydrogen-bond donors (Lipinski definition) is 2. The lowest BCUT2D eigenvalue weighted by atomic mass is 9.90. The van der Waals surface area contributed by atoms with Gasteiger partial charge in [0.05, 0.1) is 16.0 Å². The van der Waals surface area contributed by atoms with Gasteiger partial charge in [-0.2, -0.15) is 0 Å². The summed E-state index contributed by atoms with van der Waals surface area (Å²) < 4.78 is 0. The fourth-order valence-electron chi connectivity index (χ4n) is 1.50. The molecule has 0 spiro atoms. The Morgan fingerprint density at radius 1 is 1.40 bits per heavy atom. The number of benzene rings is 1. The van der Waals surface area contributed by atoms with Crippen LogP contribution in [0.2, 0.25) is 5.02 Å². The Morgan fingerprint density at radius 3 is 2.60 bits per heavy atom. The van der Waals surface area contributed by atoms with Gasteiger partial charge in [0, 0.05) is 11.4 Å². The molecule has 0 fully saturated rings. The third-order valence-corrected chi connectivity index (χ3v) is 4.09. The highest BCUT2D eigenvalue weighted by atomic mass is 35.5. The van der Waals surface area contributed by atoms with Crippen LogP contribution in [0.25, 0.3) is 0 Å². The average molecular weight is 316 g/mol. The largest absolute Gasteiger partial charge is 0.481 e. The van der Waals surface area contributed by atoms with E-state index in [2.05, 4.69) is 5.32 Å². The number of carboxylic acids is 1. The van der Waals surface area contributed by atoms with Crippen molar-refractivity contribution in [2.24, 2.45) is 5.41 Å². The molecule has 0 aliphatic carbocycles. The maximum Gasteiger partial charge on any atom is 0.309 e. The number of amides is 1. The number of halogens is 1. The summed E-state index contributed by atoms with van der Waals surface area (Å²) in [4.78, 5) is 24.0. The van der Waals surface area contributed by atoms with Crippen molar-refractivity contribution >= 4 is 35.2 Å². The SMILES string of the molecule is CSc1ccc(Cl)c(C(=O)NCCC(C)(C)C(=O)O)c1. The topological polar surface area (TPSA) is 66.4 Å². The van der Waals surface area contributed by atoms with E-state index in [-0.39, 0.29) is 12.5 Å². The average Bonchev–Trinajstić information content (AvgIpc) is 2.38. The quantitative estimate of drug-likeness (QED) is 0.791. The van der Waals surface area contributed by atoms with Gasteiger partial charge < -0.3 is 10.4 Å². The molecule has 1 aromatic carbocycles. The zero-order valence-corrected chi connectivity index (χ0v) is 13.3. The summed E-state index contributed by atoms with van der Waals surface area (Å²) in [6.45, 7) is 3.55. The standard InChI is InChI=1S/C14H18ClNO3S/c1-14(2,13(18)19)6-7-16-12(17)10-8-9(20-3)4-5-11(10)15/h4-5,8H,6-7H2,1-3H3,(H,16,17)(H,18,19). The molecule has 0 aliphatic heterocycles. The van der Waals surface area contributed by atoms with E-state index >= 15 is 0 Å². The van der Waals surface area contributed by atoms with E-state index in [1.165, 1.54) is 11.8 Å². The van der Waals surface area contributed by atoms with Gasteiger partial charge in [0.15, 0.2) is 0 Å². The molecule has 4 nitrogen and oxygen atoms in total. The summed E-state index contributed by atoms with van der Waals surface area (Å²) in [5.74, 6) is -1.17. The lowest BCUT2D eigenvalue weighted by molar-refractivity contribution is -0.147. The molecule has 0 saturated heterocycles. The fourth-order valence-corrected chi connectivity index (χ4v) is 2.14. The summed E-state index contributed by atoms with van der Waals surface area (Å²) in [7, 11) is 0. The van der Waals surface area contributed by atoms with Crippen molar-refractivity contribution in [3.05, 3.63) is 28.8 Å². The Kier molecular flexibility index (Phi) is 5.89. The predicted octanol–water partition coefficient (Wildman–Crippen LogP) is 3.29. The molecule has 20 heavy (non-hydrogen) atoms. The second-order valence-corrected chi connectivity index (χ2v) is 6.33. The van der Waals surface area contributed by atoms with E-state index in [9.17, 15) is 9.59 Å². The van der Waals surface area contributed by atoms with Gasteiger partial charge in [0.2, 0.25) is 0 Å². The summed E-state index contributed by atoms with van der Waals surface area (Å²) in [5, 5.41) is 12.1. The third kappa shape index (κ3) is 4.42. The molecule has 0 heterocycles. The van der Waals surface area contributed by atoms with Gasteiger partial charge in [-0.1, -0.05) is 11.6 Å². The van der Waals surface area contributed by atoms with Crippen LogP contribution in [0.4, 0.5) is 0 Å². The molecule has 0 aromatic heterocycles. The molecular formula is C14H18ClNO3S. The van der Waals surface area contributed by atoms with E-state index in [0.29, 0.717) is 17.0 Å². The van der Waals surface area contributed by atoms with Gasteiger partial charge in [0.25, 0.3) is 5.91 Å². The first-order valence-corrected chi connectivity index (χ1v) is 7.73. The Morgan fingerprint density at radius 2 is 2.05 bits per heavy atom. The van der Waals surface area contributed by atoms with Crippen molar-refractivity contribution < 1.29 is 14.7 Å². The van der Waals surface area contributed by atoms with Crippen molar-refractivity contribution in [3.8, 4) is 0 Å². The highest BCUT2D eigenvalue weighted by Crippen LogP contribution is 2.23. The normalized spacial score (nSPS) is 11.2. The van der Waals surface area contributed by atoms with Crippen LogP contribution in [0.15, 0.2) is 23.1 Å². The molecule has 0 unspecified atom stereocenters. The number of hydrogen-bond acceptors (Lipinski definition) is 3. The second kappa shape index (κ2) is 6.99. The molecule has 0 bridgehead atoms. The van der Waals surface area contributed by atoms with Crippen molar-refractivity contribution in [3.63, 3.8) is 0 Å². The van der Waals surface area contributed by atoms with E-state index in [0.717, 1.165) is 4.90 Å². The third-order valence-electron chi connectivity index (χ3n) is 3.03. The maximum atomic E-state index is 12.0. The number of carboxylic acid groups (broad SMARTS) is 1. The van der Waals surface area contributed by atoms with Crippen LogP contribution < -0.4 is 5.32 Å². The summed E-state index contributed by atoms with van der Waals surface area (Å²) >= 11 is 7.53. The van der Waals surface area contributed by atoms with E-state index in [1.54, 1.807) is 26.0 Å². The molecule has 6 heteroatoms. The number of carbonyl (C=O) groups excluding carboxylic acids is 1. The Hall–Kier alpha value is -1.20. The molecule has 0 saturated carbocycles. The van der Waals surface area contributed by atoms with Crippen LogP contribution in [0.1, 0.15) is 30.6 Å². The number of carbonyl (C=O) groups is 2. The zero-order valence-electron chi connectivity index (χ0n) is 11.7. The first-order chi connectivity index (χ1) is 9.27. The minimum Gasteiger partial charge on any atom is -0.481 e. The smallest absolute Gasteiger partial charge is 0.309 e. The highest BCUT2D eigenvalue weighted by molar-refractivity contribution is 7.98. The van der Waals surface area contributed by atoms with Gasteiger partial charge in [-0.25, -0.2) is 0 Å². The van der Waals surface area contributed by atoms with Crippen molar-refractivity contribution in [2.75, 3.05) is 12.8 Å². The lowest BCUT2D eigenvalue weighted by Gasteiger charge is -2.19. The maximum absolute atomic E-state index is 12.0. The second-order valence-electron chi connectivity index (χ2n) is 5.04. The molecule has 1 rings (SSSR count). The minimum atomic E-state index is -0.880.